The molecular formula is C18H18FN3O3. The molecule has 0 aliphatic carbocycles. The number of nitrogens with one attached hydrogen (secondary N) is 1. The van der Waals surface area contributed by atoms with Crippen LogP contribution in [-0.4, -0.2) is 43.6 Å². The minimum Gasteiger partial charge on any atom is -0.495 e. The zero-order valence-electron chi connectivity index (χ0n) is 13.7. The van der Waals surface area contributed by atoms with E-state index in [9.17, 15) is 14.0 Å². The monoisotopic (exact) mass is 343 g/mol. The smallest absolute Gasteiger partial charge is 0.325 e. The zero-order chi connectivity index (χ0) is 17.8. The molecule has 0 atom stereocenters. The molecule has 0 saturated carbocycles. The van der Waals surface area contributed by atoms with Crippen LogP contribution in [0.2, 0.25) is 0 Å². The van der Waals surface area contributed by atoms with Crippen molar-refractivity contribution in [3.8, 4) is 5.75 Å². The van der Waals surface area contributed by atoms with Gasteiger partial charge in [0.25, 0.3) is 0 Å². The van der Waals surface area contributed by atoms with Crippen LogP contribution in [0.15, 0.2) is 48.5 Å². The lowest BCUT2D eigenvalue weighted by Crippen LogP contribution is -2.37. The third-order valence-electron chi connectivity index (χ3n) is 3.93. The first-order chi connectivity index (χ1) is 12.1. The van der Waals surface area contributed by atoms with Gasteiger partial charge in [-0.25, -0.2) is 9.18 Å². The first kappa shape index (κ1) is 16.8. The fourth-order valence-corrected chi connectivity index (χ4v) is 2.71. The number of halogens is 1. The highest BCUT2D eigenvalue weighted by Gasteiger charge is 2.32. The van der Waals surface area contributed by atoms with Gasteiger partial charge in [-0.3, -0.25) is 9.69 Å². The van der Waals surface area contributed by atoms with E-state index in [1.165, 1.54) is 29.2 Å². The van der Waals surface area contributed by atoms with Gasteiger partial charge in [0.1, 0.15) is 18.1 Å². The Morgan fingerprint density at radius 3 is 2.60 bits per heavy atom. The molecule has 2 aromatic carbocycles. The van der Waals surface area contributed by atoms with E-state index in [-0.39, 0.29) is 24.3 Å². The molecule has 3 amide bonds. The molecule has 2 aromatic rings. The largest absolute Gasteiger partial charge is 0.495 e. The summed E-state index contributed by atoms with van der Waals surface area (Å²) in [6.07, 6.45) is 0. The number of urea groups is 1. The summed E-state index contributed by atoms with van der Waals surface area (Å²) in [4.78, 5) is 27.7. The molecule has 1 fully saturated rings. The molecular weight excluding hydrogens is 325 g/mol. The first-order valence-corrected chi connectivity index (χ1v) is 7.83. The fraction of sp³-hybridized carbons (Fsp3) is 0.222. The summed E-state index contributed by atoms with van der Waals surface area (Å²) in [5.41, 5.74) is 1.16. The summed E-state index contributed by atoms with van der Waals surface area (Å²) in [7, 11) is 1.55. The fourth-order valence-electron chi connectivity index (χ4n) is 2.71. The van der Waals surface area contributed by atoms with Crippen LogP contribution in [0.4, 0.5) is 20.6 Å². The number of nitrogens with zero attached hydrogens (tertiary/aromatic N) is 2. The number of carbonyl (C=O) groups excluding carboxylic acids is 2. The maximum atomic E-state index is 12.9. The molecule has 7 heteroatoms. The van der Waals surface area contributed by atoms with Gasteiger partial charge in [-0.15, -0.1) is 0 Å². The Morgan fingerprint density at radius 2 is 1.88 bits per heavy atom. The number of rotatable bonds is 5. The van der Waals surface area contributed by atoms with E-state index < -0.39 is 0 Å². The minimum absolute atomic E-state index is 0.0676. The van der Waals surface area contributed by atoms with Crippen molar-refractivity contribution in [3.05, 3.63) is 54.3 Å². The predicted molar refractivity (Wildman–Crippen MR) is 92.3 cm³/mol. The van der Waals surface area contributed by atoms with Crippen molar-refractivity contribution in [1.82, 2.24) is 4.90 Å². The van der Waals surface area contributed by atoms with Crippen molar-refractivity contribution in [2.75, 3.05) is 37.0 Å². The summed E-state index contributed by atoms with van der Waals surface area (Å²) in [6.45, 7) is 0.846. The van der Waals surface area contributed by atoms with Gasteiger partial charge in [0.2, 0.25) is 5.91 Å². The molecule has 1 heterocycles. The predicted octanol–water partition coefficient (Wildman–Crippen LogP) is 2.72. The molecule has 0 unspecified atom stereocenters. The molecule has 3 rings (SSSR count). The summed E-state index contributed by atoms with van der Waals surface area (Å²) < 4.78 is 18.2. The molecule has 0 aromatic heterocycles. The Kier molecular flexibility index (Phi) is 4.83. The summed E-state index contributed by atoms with van der Waals surface area (Å²) >= 11 is 0. The highest BCUT2D eigenvalue weighted by Crippen LogP contribution is 2.30. The number of carbonyl (C=O) groups is 2. The van der Waals surface area contributed by atoms with Gasteiger partial charge in [-0.1, -0.05) is 12.1 Å². The van der Waals surface area contributed by atoms with E-state index in [0.29, 0.717) is 30.2 Å². The number of methoxy groups -OCH3 is 1. The minimum atomic E-state index is -0.375. The SMILES string of the molecule is COc1ccccc1N1CCN(CC(=O)Nc2ccc(F)cc2)C1=O. The number of hydrogen-bond donors (Lipinski definition) is 1. The molecule has 6 nitrogen and oxygen atoms in total. The van der Waals surface area contributed by atoms with Gasteiger partial charge in [-0.2, -0.15) is 0 Å². The number of hydrogen-bond acceptors (Lipinski definition) is 3. The Bertz CT molecular complexity index is 779. The topological polar surface area (TPSA) is 61.9 Å². The average molecular weight is 343 g/mol. The van der Waals surface area contributed by atoms with E-state index in [0.717, 1.165) is 0 Å². The molecule has 0 bridgehead atoms. The van der Waals surface area contributed by atoms with E-state index in [2.05, 4.69) is 5.32 Å². The van der Waals surface area contributed by atoms with Gasteiger partial charge >= 0.3 is 6.03 Å². The van der Waals surface area contributed by atoms with Crippen molar-refractivity contribution in [2.24, 2.45) is 0 Å². The molecule has 1 saturated heterocycles. The summed E-state index contributed by atoms with van der Waals surface area (Å²) in [5.74, 6) is -0.101. The van der Waals surface area contributed by atoms with Crippen LogP contribution in [0.1, 0.15) is 0 Å². The maximum Gasteiger partial charge on any atom is 0.325 e. The summed E-state index contributed by atoms with van der Waals surface area (Å²) in [6, 6.07) is 12.5. The Morgan fingerprint density at radius 1 is 1.16 bits per heavy atom. The van der Waals surface area contributed by atoms with Gasteiger partial charge < -0.3 is 15.0 Å². The Balaban J connectivity index is 1.64. The lowest BCUT2D eigenvalue weighted by Gasteiger charge is -2.20. The molecule has 1 N–H and O–H groups in total. The molecule has 25 heavy (non-hydrogen) atoms. The first-order valence-electron chi connectivity index (χ1n) is 7.83. The van der Waals surface area contributed by atoms with E-state index in [1.807, 2.05) is 12.1 Å². The number of anilines is 2. The van der Waals surface area contributed by atoms with Crippen LogP contribution in [0.3, 0.4) is 0 Å². The van der Waals surface area contributed by atoms with Crippen molar-refractivity contribution < 1.29 is 18.7 Å². The zero-order valence-corrected chi connectivity index (χ0v) is 13.7. The van der Waals surface area contributed by atoms with Crippen molar-refractivity contribution in [1.29, 1.82) is 0 Å². The quantitative estimate of drug-likeness (QED) is 0.908. The molecule has 1 aliphatic rings. The van der Waals surface area contributed by atoms with Crippen LogP contribution >= 0.6 is 0 Å². The number of para-hydroxylation sites is 2. The second-order valence-electron chi connectivity index (χ2n) is 5.58. The highest BCUT2D eigenvalue weighted by atomic mass is 19.1. The number of amides is 3. The normalized spacial score (nSPS) is 13.9. The molecule has 0 spiro atoms. The highest BCUT2D eigenvalue weighted by molar-refractivity contribution is 6.00. The second-order valence-corrected chi connectivity index (χ2v) is 5.58. The van der Waals surface area contributed by atoms with Gasteiger partial charge in [0.15, 0.2) is 0 Å². The van der Waals surface area contributed by atoms with Crippen molar-refractivity contribution in [3.63, 3.8) is 0 Å². The molecule has 130 valence electrons. The third kappa shape index (κ3) is 3.71. The van der Waals surface area contributed by atoms with Gasteiger partial charge in [0, 0.05) is 18.8 Å². The van der Waals surface area contributed by atoms with Crippen LogP contribution in [-0.2, 0) is 4.79 Å². The number of benzene rings is 2. The Labute approximate surface area is 144 Å². The third-order valence-corrected chi connectivity index (χ3v) is 3.93. The Hall–Kier alpha value is -3.09. The van der Waals surface area contributed by atoms with Gasteiger partial charge in [-0.05, 0) is 36.4 Å². The maximum absolute atomic E-state index is 12.9. The van der Waals surface area contributed by atoms with E-state index >= 15 is 0 Å². The standard InChI is InChI=1S/C18H18FN3O3/c1-25-16-5-3-2-4-15(16)22-11-10-21(18(22)24)12-17(23)20-14-8-6-13(19)7-9-14/h2-9H,10-12H2,1H3,(H,20,23). The van der Waals surface area contributed by atoms with Crippen LogP contribution in [0.25, 0.3) is 0 Å². The second kappa shape index (κ2) is 7.21. The van der Waals surface area contributed by atoms with Crippen molar-refractivity contribution >= 4 is 23.3 Å². The number of ether oxygens (including phenoxy) is 1. The average Bonchev–Trinajstić information content (AvgIpc) is 2.97. The van der Waals surface area contributed by atoms with E-state index in [1.54, 1.807) is 24.1 Å². The molecule has 0 radical (unpaired) electrons. The van der Waals surface area contributed by atoms with Crippen LogP contribution in [0.5, 0.6) is 5.75 Å². The lowest BCUT2D eigenvalue weighted by atomic mass is 10.2. The lowest BCUT2D eigenvalue weighted by molar-refractivity contribution is -0.116. The summed E-state index contributed by atoms with van der Waals surface area (Å²) in [5, 5.41) is 2.65. The van der Waals surface area contributed by atoms with Gasteiger partial charge in [0.05, 0.1) is 12.8 Å². The van der Waals surface area contributed by atoms with Crippen LogP contribution < -0.4 is 15.0 Å². The van der Waals surface area contributed by atoms with Crippen molar-refractivity contribution in [2.45, 2.75) is 0 Å². The van der Waals surface area contributed by atoms with Crippen LogP contribution in [0, 0.1) is 5.82 Å². The van der Waals surface area contributed by atoms with E-state index in [4.69, 9.17) is 4.74 Å². The molecule has 1 aliphatic heterocycles.